The quantitative estimate of drug-likeness (QED) is 0.610. The Bertz CT molecular complexity index is 1180. The van der Waals surface area contributed by atoms with E-state index in [9.17, 15) is 9.59 Å². The lowest BCUT2D eigenvalue weighted by Crippen LogP contribution is -2.32. The molecule has 3 heterocycles. The summed E-state index contributed by atoms with van der Waals surface area (Å²) in [6.07, 6.45) is 0. The minimum absolute atomic E-state index is 0.237. The second-order valence-corrected chi connectivity index (χ2v) is 6.65. The average Bonchev–Trinajstić information content (AvgIpc) is 3.18. The van der Waals surface area contributed by atoms with Crippen LogP contribution in [-0.4, -0.2) is 24.1 Å². The topological polar surface area (TPSA) is 85.6 Å². The summed E-state index contributed by atoms with van der Waals surface area (Å²) in [4.78, 5) is 36.3. The third-order valence-electron chi connectivity index (χ3n) is 4.00. The van der Waals surface area contributed by atoms with E-state index in [-0.39, 0.29) is 5.52 Å². The number of hydrogen-bond acceptors (Lipinski definition) is 5. The Morgan fingerprint density at radius 2 is 1.92 bits per heavy atom. The Kier molecular flexibility index (Phi) is 3.61. The van der Waals surface area contributed by atoms with E-state index in [0.29, 0.717) is 23.0 Å². The molecule has 8 heteroatoms. The number of nitrogens with one attached hydrogen (secondary N) is 1. The molecule has 0 spiro atoms. The molecule has 0 unspecified atom stereocenters. The minimum atomic E-state index is -0.464. The molecular formula is C17H15N5O2S. The fourth-order valence-corrected chi connectivity index (χ4v) is 3.50. The second kappa shape index (κ2) is 5.82. The zero-order valence-electron chi connectivity index (χ0n) is 13.7. The van der Waals surface area contributed by atoms with Crippen LogP contribution < -0.4 is 11.2 Å². The first kappa shape index (κ1) is 15.5. The standard InChI is InChI=1S/C17H15N5O2S/c1-10-9-25-15(18-10)14-19-12-13(20-17(24)21(2)16(12)23)22(14)8-11-6-4-3-5-7-11/h3-7,9H,8H2,1-2H3,(H,20,24). The van der Waals surface area contributed by atoms with Gasteiger partial charge in [-0.2, -0.15) is 0 Å². The number of fused-ring (bicyclic) bond motifs is 1. The maximum absolute atomic E-state index is 12.5. The normalized spacial score (nSPS) is 11.3. The Hall–Kier alpha value is -3.00. The van der Waals surface area contributed by atoms with Crippen molar-refractivity contribution >= 4 is 22.5 Å². The smallest absolute Gasteiger partial charge is 0.303 e. The second-order valence-electron chi connectivity index (χ2n) is 5.79. The summed E-state index contributed by atoms with van der Waals surface area (Å²) in [5, 5.41) is 2.65. The monoisotopic (exact) mass is 353 g/mol. The number of benzene rings is 1. The molecule has 1 N–H and O–H groups in total. The van der Waals surface area contributed by atoms with E-state index in [1.54, 1.807) is 0 Å². The Labute approximate surface area is 146 Å². The molecule has 0 atom stereocenters. The van der Waals surface area contributed by atoms with Crippen molar-refractivity contribution in [3.8, 4) is 10.8 Å². The minimum Gasteiger partial charge on any atom is -0.303 e. The molecule has 4 rings (SSSR count). The van der Waals surface area contributed by atoms with Crippen molar-refractivity contribution in [2.45, 2.75) is 13.5 Å². The molecule has 3 aromatic heterocycles. The number of aromatic nitrogens is 5. The molecule has 0 saturated carbocycles. The van der Waals surface area contributed by atoms with Gasteiger partial charge in [-0.25, -0.2) is 14.8 Å². The van der Waals surface area contributed by atoms with E-state index in [4.69, 9.17) is 0 Å². The van der Waals surface area contributed by atoms with Gasteiger partial charge in [-0.05, 0) is 12.5 Å². The van der Waals surface area contributed by atoms with Crippen LogP contribution in [0.4, 0.5) is 0 Å². The van der Waals surface area contributed by atoms with Crippen molar-refractivity contribution < 1.29 is 0 Å². The van der Waals surface area contributed by atoms with Crippen molar-refractivity contribution in [1.82, 2.24) is 24.1 Å². The molecule has 1 aromatic carbocycles. The molecule has 0 aliphatic carbocycles. The first-order valence-corrected chi connectivity index (χ1v) is 8.58. The highest BCUT2D eigenvalue weighted by Crippen LogP contribution is 2.26. The first-order chi connectivity index (χ1) is 12.0. The maximum Gasteiger partial charge on any atom is 0.329 e. The van der Waals surface area contributed by atoms with Crippen LogP contribution in [0.2, 0.25) is 0 Å². The van der Waals surface area contributed by atoms with Gasteiger partial charge in [-0.1, -0.05) is 30.3 Å². The molecule has 0 aliphatic heterocycles. The van der Waals surface area contributed by atoms with Crippen LogP contribution in [0.1, 0.15) is 11.3 Å². The maximum atomic E-state index is 12.5. The van der Waals surface area contributed by atoms with Crippen LogP contribution in [0.15, 0.2) is 45.3 Å². The van der Waals surface area contributed by atoms with E-state index in [1.165, 1.54) is 18.4 Å². The molecular weight excluding hydrogens is 338 g/mol. The molecule has 0 amide bonds. The van der Waals surface area contributed by atoms with Gasteiger partial charge in [-0.15, -0.1) is 11.3 Å². The number of H-pyrrole nitrogens is 1. The Morgan fingerprint density at radius 3 is 2.60 bits per heavy atom. The molecule has 126 valence electrons. The van der Waals surface area contributed by atoms with Gasteiger partial charge < -0.3 is 4.57 Å². The predicted octanol–water partition coefficient (Wildman–Crippen LogP) is 1.90. The van der Waals surface area contributed by atoms with Gasteiger partial charge in [0.2, 0.25) is 0 Å². The van der Waals surface area contributed by atoms with Crippen molar-refractivity contribution in [2.75, 3.05) is 0 Å². The lowest BCUT2D eigenvalue weighted by molar-refractivity contribution is 0.772. The number of thiazole rings is 1. The predicted molar refractivity (Wildman–Crippen MR) is 97.0 cm³/mol. The molecule has 25 heavy (non-hydrogen) atoms. The molecule has 4 aromatic rings. The van der Waals surface area contributed by atoms with Crippen LogP contribution in [0, 0.1) is 6.92 Å². The summed E-state index contributed by atoms with van der Waals surface area (Å²) in [7, 11) is 1.43. The molecule has 0 fully saturated rings. The third kappa shape index (κ3) is 2.60. The molecule has 0 radical (unpaired) electrons. The number of rotatable bonds is 3. The van der Waals surface area contributed by atoms with Gasteiger partial charge in [0.1, 0.15) is 5.65 Å². The number of nitrogens with zero attached hydrogens (tertiary/aromatic N) is 4. The highest BCUT2D eigenvalue weighted by molar-refractivity contribution is 7.13. The van der Waals surface area contributed by atoms with Gasteiger partial charge in [0.15, 0.2) is 16.3 Å². The van der Waals surface area contributed by atoms with E-state index >= 15 is 0 Å². The highest BCUT2D eigenvalue weighted by Gasteiger charge is 2.19. The number of hydrogen-bond donors (Lipinski definition) is 1. The zero-order chi connectivity index (χ0) is 17.6. The summed E-state index contributed by atoms with van der Waals surface area (Å²) in [5.41, 5.74) is 1.70. The van der Waals surface area contributed by atoms with E-state index in [2.05, 4.69) is 15.0 Å². The van der Waals surface area contributed by atoms with Crippen LogP contribution in [-0.2, 0) is 13.6 Å². The fraction of sp³-hybridized carbons (Fsp3) is 0.176. The van der Waals surface area contributed by atoms with E-state index in [1.807, 2.05) is 47.2 Å². The van der Waals surface area contributed by atoms with Gasteiger partial charge in [0.05, 0.1) is 6.54 Å². The number of aromatic amines is 1. The van der Waals surface area contributed by atoms with E-state index in [0.717, 1.165) is 15.8 Å². The van der Waals surface area contributed by atoms with Crippen LogP contribution >= 0.6 is 11.3 Å². The molecule has 0 aliphatic rings. The third-order valence-corrected chi connectivity index (χ3v) is 4.95. The fourth-order valence-electron chi connectivity index (χ4n) is 2.70. The lowest BCUT2D eigenvalue weighted by atomic mass is 10.2. The van der Waals surface area contributed by atoms with Crippen molar-refractivity contribution in [3.05, 3.63) is 67.8 Å². The van der Waals surface area contributed by atoms with Crippen molar-refractivity contribution in [3.63, 3.8) is 0 Å². The highest BCUT2D eigenvalue weighted by atomic mass is 32.1. The van der Waals surface area contributed by atoms with Crippen LogP contribution in [0.25, 0.3) is 22.0 Å². The summed E-state index contributed by atoms with van der Waals surface area (Å²) in [6, 6.07) is 9.81. The van der Waals surface area contributed by atoms with Crippen LogP contribution in [0.3, 0.4) is 0 Å². The molecule has 0 saturated heterocycles. The average molecular weight is 353 g/mol. The summed E-state index contributed by atoms with van der Waals surface area (Å²) in [6.45, 7) is 2.39. The van der Waals surface area contributed by atoms with Gasteiger partial charge in [0.25, 0.3) is 5.56 Å². The summed E-state index contributed by atoms with van der Waals surface area (Å²) in [5.74, 6) is 0.580. The largest absolute Gasteiger partial charge is 0.329 e. The lowest BCUT2D eigenvalue weighted by Gasteiger charge is -2.07. The zero-order valence-corrected chi connectivity index (χ0v) is 14.5. The van der Waals surface area contributed by atoms with Gasteiger partial charge in [0, 0.05) is 18.1 Å². The number of aryl methyl sites for hydroxylation is 1. The molecule has 7 nitrogen and oxygen atoms in total. The number of imidazole rings is 1. The van der Waals surface area contributed by atoms with E-state index < -0.39 is 11.2 Å². The first-order valence-electron chi connectivity index (χ1n) is 7.70. The summed E-state index contributed by atoms with van der Waals surface area (Å²) >= 11 is 1.46. The molecule has 0 bridgehead atoms. The Balaban J connectivity index is 2.02. The summed E-state index contributed by atoms with van der Waals surface area (Å²) < 4.78 is 2.87. The van der Waals surface area contributed by atoms with Crippen molar-refractivity contribution in [2.24, 2.45) is 7.05 Å². The Morgan fingerprint density at radius 1 is 1.16 bits per heavy atom. The SMILES string of the molecule is Cc1csc(-c2nc3c(=O)n(C)c(=O)[nH]c3n2Cc2ccccc2)n1. The van der Waals surface area contributed by atoms with Gasteiger partial charge in [-0.3, -0.25) is 14.3 Å². The van der Waals surface area contributed by atoms with Crippen LogP contribution in [0.5, 0.6) is 0 Å². The van der Waals surface area contributed by atoms with Gasteiger partial charge >= 0.3 is 5.69 Å². The van der Waals surface area contributed by atoms with Crippen molar-refractivity contribution in [1.29, 1.82) is 0 Å².